The van der Waals surface area contributed by atoms with Gasteiger partial charge in [-0.05, 0) is 49.9 Å². The summed E-state index contributed by atoms with van der Waals surface area (Å²) in [6, 6.07) is 17.5. The van der Waals surface area contributed by atoms with Gasteiger partial charge in [-0.2, -0.15) is 0 Å². The number of amides is 1. The third-order valence-corrected chi connectivity index (χ3v) is 3.78. The summed E-state index contributed by atoms with van der Waals surface area (Å²) in [5, 5.41) is 2.93. The number of ether oxygens (including phenoxy) is 2. The summed E-state index contributed by atoms with van der Waals surface area (Å²) in [6.45, 7) is 5.19. The van der Waals surface area contributed by atoms with E-state index in [9.17, 15) is 4.79 Å². The molecule has 25 heavy (non-hydrogen) atoms. The number of benzene rings is 2. The molecule has 0 fully saturated rings. The summed E-state index contributed by atoms with van der Waals surface area (Å²) in [5.41, 5.74) is 1.18. The van der Waals surface area contributed by atoms with Crippen LogP contribution in [0.4, 0.5) is 0 Å². The Bertz CT molecular complexity index is 643. The van der Waals surface area contributed by atoms with Gasteiger partial charge in [0.15, 0.2) is 6.10 Å². The minimum Gasteiger partial charge on any atom is -0.493 e. The van der Waals surface area contributed by atoms with E-state index < -0.39 is 6.10 Å². The topological polar surface area (TPSA) is 47.6 Å². The van der Waals surface area contributed by atoms with Crippen LogP contribution in [0.3, 0.4) is 0 Å². The van der Waals surface area contributed by atoms with Crippen LogP contribution in [0, 0.1) is 0 Å². The Labute approximate surface area is 150 Å². The molecule has 0 saturated carbocycles. The molecule has 4 nitrogen and oxygen atoms in total. The lowest BCUT2D eigenvalue weighted by Gasteiger charge is -2.15. The van der Waals surface area contributed by atoms with Gasteiger partial charge in [-0.25, -0.2) is 0 Å². The molecule has 134 valence electrons. The molecule has 2 rings (SSSR count). The first kappa shape index (κ1) is 18.8. The molecule has 2 aromatic rings. The van der Waals surface area contributed by atoms with Crippen molar-refractivity contribution in [2.24, 2.45) is 0 Å². The smallest absolute Gasteiger partial charge is 0.260 e. The minimum atomic E-state index is -0.512. The van der Waals surface area contributed by atoms with E-state index >= 15 is 0 Å². The number of rotatable bonds is 10. The Kier molecular flexibility index (Phi) is 7.83. The average molecular weight is 341 g/mol. The fraction of sp³-hybridized carbons (Fsp3) is 0.381. The van der Waals surface area contributed by atoms with E-state index in [2.05, 4.69) is 18.3 Å². The molecule has 4 heteroatoms. The Morgan fingerprint density at radius 3 is 2.56 bits per heavy atom. The largest absolute Gasteiger partial charge is 0.493 e. The molecule has 0 radical (unpaired) electrons. The molecule has 2 aromatic carbocycles. The maximum atomic E-state index is 12.1. The summed E-state index contributed by atoms with van der Waals surface area (Å²) >= 11 is 0. The van der Waals surface area contributed by atoms with Gasteiger partial charge in [0.1, 0.15) is 11.5 Å². The maximum Gasteiger partial charge on any atom is 0.260 e. The van der Waals surface area contributed by atoms with Gasteiger partial charge >= 0.3 is 0 Å². The summed E-state index contributed by atoms with van der Waals surface area (Å²) in [6.07, 6.45) is 2.20. The van der Waals surface area contributed by atoms with E-state index in [4.69, 9.17) is 9.47 Å². The van der Waals surface area contributed by atoms with E-state index in [-0.39, 0.29) is 5.91 Å². The molecular formula is C21H27NO3. The van der Waals surface area contributed by atoms with Crippen molar-refractivity contribution in [1.29, 1.82) is 0 Å². The molecule has 0 aliphatic heterocycles. The molecule has 0 aliphatic carbocycles. The fourth-order valence-electron chi connectivity index (χ4n) is 2.45. The molecule has 1 amide bonds. The van der Waals surface area contributed by atoms with Crippen LogP contribution >= 0.6 is 0 Å². The van der Waals surface area contributed by atoms with Crippen LogP contribution in [0.25, 0.3) is 0 Å². The number of carbonyl (C=O) groups excluding carboxylic acids is 1. The molecule has 0 unspecified atom stereocenters. The van der Waals surface area contributed by atoms with Gasteiger partial charge in [-0.15, -0.1) is 0 Å². The van der Waals surface area contributed by atoms with Crippen LogP contribution in [0.5, 0.6) is 11.5 Å². The number of hydrogen-bond acceptors (Lipinski definition) is 3. The van der Waals surface area contributed by atoms with Crippen molar-refractivity contribution < 1.29 is 14.3 Å². The zero-order valence-corrected chi connectivity index (χ0v) is 15.0. The number of aryl methyl sites for hydroxylation is 1. The third kappa shape index (κ3) is 6.49. The Balaban J connectivity index is 1.73. The van der Waals surface area contributed by atoms with Crippen LogP contribution < -0.4 is 14.8 Å². The summed E-state index contributed by atoms with van der Waals surface area (Å²) < 4.78 is 11.4. The summed E-state index contributed by atoms with van der Waals surface area (Å²) in [4.78, 5) is 12.1. The van der Waals surface area contributed by atoms with Crippen LogP contribution in [0.1, 0.15) is 32.3 Å². The van der Waals surface area contributed by atoms with Gasteiger partial charge in [0.05, 0.1) is 6.61 Å². The quantitative estimate of drug-likeness (QED) is 0.665. The number of nitrogens with one attached hydrogen (secondary N) is 1. The number of para-hydroxylation sites is 2. The van der Waals surface area contributed by atoms with E-state index in [1.54, 1.807) is 6.92 Å². The van der Waals surface area contributed by atoms with Gasteiger partial charge < -0.3 is 14.8 Å². The first-order chi connectivity index (χ1) is 12.2. The minimum absolute atomic E-state index is 0.0978. The van der Waals surface area contributed by atoms with Gasteiger partial charge in [-0.3, -0.25) is 4.79 Å². The Hall–Kier alpha value is -2.49. The van der Waals surface area contributed by atoms with E-state index in [1.807, 2.05) is 48.5 Å². The molecule has 0 aromatic heterocycles. The SMILES string of the molecule is CCCOc1ccccc1CCCNC(=O)[C@@H](C)Oc1ccccc1. The first-order valence-corrected chi connectivity index (χ1v) is 8.91. The van der Waals surface area contributed by atoms with E-state index in [1.165, 1.54) is 5.56 Å². The highest BCUT2D eigenvalue weighted by atomic mass is 16.5. The van der Waals surface area contributed by atoms with E-state index in [0.29, 0.717) is 12.3 Å². The van der Waals surface area contributed by atoms with Crippen molar-refractivity contribution in [3.05, 3.63) is 60.2 Å². The zero-order valence-electron chi connectivity index (χ0n) is 15.0. The molecule has 0 saturated heterocycles. The predicted octanol–water partition coefficient (Wildman–Crippen LogP) is 3.99. The van der Waals surface area contributed by atoms with Crippen LogP contribution in [-0.4, -0.2) is 25.2 Å². The van der Waals surface area contributed by atoms with Gasteiger partial charge in [0.2, 0.25) is 0 Å². The lowest BCUT2D eigenvalue weighted by Crippen LogP contribution is -2.36. The number of hydrogen-bond donors (Lipinski definition) is 1. The molecule has 0 aliphatic rings. The highest BCUT2D eigenvalue weighted by Gasteiger charge is 2.13. The highest BCUT2D eigenvalue weighted by molar-refractivity contribution is 5.80. The highest BCUT2D eigenvalue weighted by Crippen LogP contribution is 2.19. The second-order valence-corrected chi connectivity index (χ2v) is 5.92. The maximum absolute atomic E-state index is 12.1. The van der Waals surface area contributed by atoms with E-state index in [0.717, 1.165) is 31.6 Å². The predicted molar refractivity (Wildman–Crippen MR) is 100 cm³/mol. The lowest BCUT2D eigenvalue weighted by atomic mass is 10.1. The Morgan fingerprint density at radius 1 is 1.08 bits per heavy atom. The second kappa shape index (κ2) is 10.4. The Morgan fingerprint density at radius 2 is 1.80 bits per heavy atom. The normalized spacial score (nSPS) is 11.6. The molecular weight excluding hydrogens is 314 g/mol. The zero-order chi connectivity index (χ0) is 17.9. The van der Waals surface area contributed by atoms with Gasteiger partial charge in [0, 0.05) is 6.54 Å². The van der Waals surface area contributed by atoms with Crippen molar-refractivity contribution in [3.8, 4) is 11.5 Å². The molecule has 0 bridgehead atoms. The molecule has 1 N–H and O–H groups in total. The van der Waals surface area contributed by atoms with Crippen LogP contribution in [0.2, 0.25) is 0 Å². The standard InChI is InChI=1S/C21H27NO3/c1-3-16-24-20-14-8-7-10-18(20)11-9-15-22-21(23)17(2)25-19-12-5-4-6-13-19/h4-8,10,12-14,17H,3,9,11,15-16H2,1-2H3,(H,22,23)/t17-/m1/s1. The molecule has 0 spiro atoms. The molecule has 1 atom stereocenters. The lowest BCUT2D eigenvalue weighted by molar-refractivity contribution is -0.127. The second-order valence-electron chi connectivity index (χ2n) is 5.92. The van der Waals surface area contributed by atoms with Crippen molar-refractivity contribution >= 4 is 5.91 Å². The van der Waals surface area contributed by atoms with Crippen molar-refractivity contribution in [3.63, 3.8) is 0 Å². The molecule has 0 heterocycles. The average Bonchev–Trinajstić information content (AvgIpc) is 2.65. The summed E-state index contributed by atoms with van der Waals surface area (Å²) in [5.74, 6) is 1.54. The van der Waals surface area contributed by atoms with Crippen molar-refractivity contribution in [1.82, 2.24) is 5.32 Å². The van der Waals surface area contributed by atoms with Crippen LogP contribution in [0.15, 0.2) is 54.6 Å². The number of carbonyl (C=O) groups is 1. The van der Waals surface area contributed by atoms with Gasteiger partial charge in [-0.1, -0.05) is 43.3 Å². The summed E-state index contributed by atoms with van der Waals surface area (Å²) in [7, 11) is 0. The van der Waals surface area contributed by atoms with Crippen LogP contribution in [-0.2, 0) is 11.2 Å². The van der Waals surface area contributed by atoms with Gasteiger partial charge in [0.25, 0.3) is 5.91 Å². The fourth-order valence-corrected chi connectivity index (χ4v) is 2.45. The van der Waals surface area contributed by atoms with Crippen molar-refractivity contribution in [2.45, 2.75) is 39.2 Å². The monoisotopic (exact) mass is 341 g/mol. The first-order valence-electron chi connectivity index (χ1n) is 8.91. The third-order valence-electron chi connectivity index (χ3n) is 3.78. The van der Waals surface area contributed by atoms with Crippen molar-refractivity contribution in [2.75, 3.05) is 13.2 Å².